The van der Waals surface area contributed by atoms with E-state index in [0.29, 0.717) is 28.5 Å². The second kappa shape index (κ2) is 8.36. The standard InChI is InChI=1S/C20H20N6O2S/c1-13-8-14(2)10-16(9-13)27-11-17-22-25-20(26(17)21)29-12-18-23-24-19(28-18)15-6-4-3-5-7-15/h3-10H,11-12,21H2,1-2H3. The summed E-state index contributed by atoms with van der Waals surface area (Å²) in [4.78, 5) is 0. The van der Waals surface area contributed by atoms with E-state index >= 15 is 0 Å². The summed E-state index contributed by atoms with van der Waals surface area (Å²) in [6.07, 6.45) is 0. The molecule has 4 aromatic rings. The van der Waals surface area contributed by atoms with Gasteiger partial charge in [0.05, 0.1) is 5.75 Å². The van der Waals surface area contributed by atoms with Gasteiger partial charge in [0.2, 0.25) is 16.9 Å². The molecule has 0 aliphatic heterocycles. The largest absolute Gasteiger partial charge is 0.486 e. The number of aromatic nitrogens is 5. The number of hydrogen-bond donors (Lipinski definition) is 1. The number of nitrogens with two attached hydrogens (primary N) is 1. The van der Waals surface area contributed by atoms with E-state index in [1.165, 1.54) is 16.4 Å². The average molecular weight is 408 g/mol. The third-order valence-corrected chi connectivity index (χ3v) is 5.04. The van der Waals surface area contributed by atoms with Gasteiger partial charge in [0, 0.05) is 5.56 Å². The first-order valence-corrected chi connectivity index (χ1v) is 9.98. The van der Waals surface area contributed by atoms with Crippen LogP contribution in [0.1, 0.15) is 22.8 Å². The van der Waals surface area contributed by atoms with E-state index in [0.717, 1.165) is 22.4 Å². The number of benzene rings is 2. The molecule has 0 bridgehead atoms. The van der Waals surface area contributed by atoms with E-state index in [4.69, 9.17) is 15.0 Å². The molecule has 2 aromatic heterocycles. The molecule has 9 heteroatoms. The number of rotatable bonds is 7. The molecule has 2 heterocycles. The van der Waals surface area contributed by atoms with E-state index in [-0.39, 0.29) is 6.61 Å². The number of aryl methyl sites for hydroxylation is 2. The Balaban J connectivity index is 1.37. The van der Waals surface area contributed by atoms with Gasteiger partial charge in [-0.15, -0.1) is 20.4 Å². The molecular formula is C20H20N6O2S. The topological polar surface area (TPSA) is 105 Å². The fraction of sp³-hybridized carbons (Fsp3) is 0.200. The number of ether oxygens (including phenoxy) is 1. The molecular weight excluding hydrogens is 388 g/mol. The third kappa shape index (κ3) is 4.57. The first-order valence-electron chi connectivity index (χ1n) is 8.99. The molecule has 0 aliphatic carbocycles. The molecule has 0 aliphatic rings. The lowest BCUT2D eigenvalue weighted by Crippen LogP contribution is -2.15. The lowest BCUT2D eigenvalue weighted by molar-refractivity contribution is 0.291. The van der Waals surface area contributed by atoms with Crippen LogP contribution >= 0.6 is 11.8 Å². The van der Waals surface area contributed by atoms with Gasteiger partial charge >= 0.3 is 0 Å². The van der Waals surface area contributed by atoms with Crippen molar-refractivity contribution in [3.63, 3.8) is 0 Å². The second-order valence-electron chi connectivity index (χ2n) is 6.54. The third-order valence-electron chi connectivity index (χ3n) is 4.11. The second-order valence-corrected chi connectivity index (χ2v) is 7.48. The fourth-order valence-electron chi connectivity index (χ4n) is 2.80. The molecule has 29 heavy (non-hydrogen) atoms. The minimum Gasteiger partial charge on any atom is -0.486 e. The molecule has 0 fully saturated rings. The number of thioether (sulfide) groups is 1. The van der Waals surface area contributed by atoms with Crippen LogP contribution in [0.4, 0.5) is 0 Å². The molecule has 4 rings (SSSR count). The first kappa shape index (κ1) is 19.0. The molecule has 0 amide bonds. The monoisotopic (exact) mass is 408 g/mol. The van der Waals surface area contributed by atoms with Crippen LogP contribution in [0.2, 0.25) is 0 Å². The highest BCUT2D eigenvalue weighted by Gasteiger charge is 2.14. The van der Waals surface area contributed by atoms with E-state index in [2.05, 4.69) is 26.5 Å². The van der Waals surface area contributed by atoms with E-state index in [9.17, 15) is 0 Å². The summed E-state index contributed by atoms with van der Waals surface area (Å²) in [5.41, 5.74) is 3.16. The lowest BCUT2D eigenvalue weighted by atomic mass is 10.1. The maximum absolute atomic E-state index is 6.11. The van der Waals surface area contributed by atoms with Crippen molar-refractivity contribution in [2.75, 3.05) is 5.84 Å². The van der Waals surface area contributed by atoms with Gasteiger partial charge in [0.1, 0.15) is 12.4 Å². The summed E-state index contributed by atoms with van der Waals surface area (Å²) in [6.45, 7) is 4.28. The van der Waals surface area contributed by atoms with Crippen LogP contribution in [0, 0.1) is 13.8 Å². The highest BCUT2D eigenvalue weighted by molar-refractivity contribution is 7.98. The number of hydrogen-bond acceptors (Lipinski definition) is 8. The highest BCUT2D eigenvalue weighted by Crippen LogP contribution is 2.23. The van der Waals surface area contributed by atoms with Crippen LogP contribution in [-0.2, 0) is 12.4 Å². The van der Waals surface area contributed by atoms with Gasteiger partial charge in [0.25, 0.3) is 0 Å². The van der Waals surface area contributed by atoms with Crippen LogP contribution in [0.15, 0.2) is 58.1 Å². The maximum atomic E-state index is 6.11. The average Bonchev–Trinajstić information content (AvgIpc) is 3.32. The maximum Gasteiger partial charge on any atom is 0.247 e. The normalized spacial score (nSPS) is 11.0. The van der Waals surface area contributed by atoms with Gasteiger partial charge in [0.15, 0.2) is 5.82 Å². The zero-order valence-corrected chi connectivity index (χ0v) is 16.9. The Kier molecular flexibility index (Phi) is 5.48. The van der Waals surface area contributed by atoms with E-state index < -0.39 is 0 Å². The Morgan fingerprint density at radius 3 is 2.52 bits per heavy atom. The van der Waals surface area contributed by atoms with Crippen molar-refractivity contribution >= 4 is 11.8 Å². The van der Waals surface area contributed by atoms with Gasteiger partial charge < -0.3 is 15.0 Å². The quantitative estimate of drug-likeness (QED) is 0.366. The molecule has 0 spiro atoms. The summed E-state index contributed by atoms with van der Waals surface area (Å²) in [7, 11) is 0. The summed E-state index contributed by atoms with van der Waals surface area (Å²) in [6, 6.07) is 15.7. The Hall–Kier alpha value is -3.33. The van der Waals surface area contributed by atoms with Gasteiger partial charge in [-0.2, -0.15) is 0 Å². The minimum atomic E-state index is 0.228. The van der Waals surface area contributed by atoms with Gasteiger partial charge in [-0.3, -0.25) is 0 Å². The molecule has 0 atom stereocenters. The van der Waals surface area contributed by atoms with Crippen molar-refractivity contribution in [3.05, 3.63) is 71.4 Å². The van der Waals surface area contributed by atoms with Gasteiger partial charge in [-0.25, -0.2) is 4.68 Å². The fourth-order valence-corrected chi connectivity index (χ4v) is 3.52. The molecule has 0 saturated heterocycles. The Labute approximate surface area is 172 Å². The van der Waals surface area contributed by atoms with Crippen LogP contribution in [0.3, 0.4) is 0 Å². The molecule has 2 aromatic carbocycles. The Bertz CT molecular complexity index is 1090. The van der Waals surface area contributed by atoms with Crippen LogP contribution in [0.5, 0.6) is 5.75 Å². The van der Waals surface area contributed by atoms with Crippen LogP contribution < -0.4 is 10.6 Å². The van der Waals surface area contributed by atoms with Crippen LogP contribution in [-0.4, -0.2) is 25.1 Å². The zero-order valence-electron chi connectivity index (χ0n) is 16.1. The van der Waals surface area contributed by atoms with Gasteiger partial charge in [-0.1, -0.05) is 36.0 Å². The minimum absolute atomic E-state index is 0.228. The number of nitrogen functional groups attached to an aromatic ring is 1. The molecule has 8 nitrogen and oxygen atoms in total. The number of nitrogens with zero attached hydrogens (tertiary/aromatic N) is 5. The SMILES string of the molecule is Cc1cc(C)cc(OCc2nnc(SCc3nnc(-c4ccccc4)o3)n2N)c1. The van der Waals surface area contributed by atoms with E-state index in [1.807, 2.05) is 56.3 Å². The molecule has 0 radical (unpaired) electrons. The molecule has 148 valence electrons. The van der Waals surface area contributed by atoms with Crippen molar-refractivity contribution in [1.29, 1.82) is 0 Å². The Morgan fingerprint density at radius 2 is 1.76 bits per heavy atom. The first-order chi connectivity index (χ1) is 14.1. The smallest absolute Gasteiger partial charge is 0.247 e. The predicted molar refractivity (Wildman–Crippen MR) is 110 cm³/mol. The van der Waals surface area contributed by atoms with Crippen molar-refractivity contribution in [3.8, 4) is 17.2 Å². The van der Waals surface area contributed by atoms with Crippen LogP contribution in [0.25, 0.3) is 11.5 Å². The molecule has 2 N–H and O–H groups in total. The van der Waals surface area contributed by atoms with E-state index in [1.54, 1.807) is 0 Å². The zero-order chi connectivity index (χ0) is 20.2. The highest BCUT2D eigenvalue weighted by atomic mass is 32.2. The van der Waals surface area contributed by atoms with Crippen molar-refractivity contribution < 1.29 is 9.15 Å². The summed E-state index contributed by atoms with van der Waals surface area (Å²) < 4.78 is 12.9. The molecule has 0 saturated carbocycles. The van der Waals surface area contributed by atoms with Crippen molar-refractivity contribution in [2.24, 2.45) is 0 Å². The predicted octanol–water partition coefficient (Wildman–Crippen LogP) is 3.53. The van der Waals surface area contributed by atoms with Gasteiger partial charge in [-0.05, 0) is 49.2 Å². The van der Waals surface area contributed by atoms with Crippen molar-refractivity contribution in [1.82, 2.24) is 25.1 Å². The molecule has 0 unspecified atom stereocenters. The lowest BCUT2D eigenvalue weighted by Gasteiger charge is -2.08. The van der Waals surface area contributed by atoms with Crippen molar-refractivity contribution in [2.45, 2.75) is 31.4 Å². The summed E-state index contributed by atoms with van der Waals surface area (Å²) >= 11 is 1.37. The summed E-state index contributed by atoms with van der Waals surface area (Å²) in [5.74, 6) is 8.83. The Morgan fingerprint density at radius 1 is 1.00 bits per heavy atom. The summed E-state index contributed by atoms with van der Waals surface area (Å²) in [5, 5.41) is 16.9.